The molecule has 0 aliphatic carbocycles. The molecule has 2 fully saturated rings. The van der Waals surface area contributed by atoms with E-state index in [-0.39, 0.29) is 11.5 Å². The first-order valence-corrected chi connectivity index (χ1v) is 6.18. The molecule has 0 aromatic carbocycles. The van der Waals surface area contributed by atoms with E-state index in [9.17, 15) is 4.79 Å². The highest BCUT2D eigenvalue weighted by atomic mass is 79.9. The molecule has 0 aromatic heterocycles. The molecule has 4 heteroatoms. The zero-order valence-corrected chi connectivity index (χ0v) is 9.97. The van der Waals surface area contributed by atoms with E-state index >= 15 is 0 Å². The molecular weight excluding hydrogens is 246 g/mol. The van der Waals surface area contributed by atoms with E-state index < -0.39 is 0 Å². The number of hydrogen-bond acceptors (Lipinski definition) is 3. The zero-order valence-electron chi connectivity index (χ0n) is 8.38. The normalized spacial score (nSPS) is 41.0. The van der Waals surface area contributed by atoms with Crippen molar-refractivity contribution < 1.29 is 9.53 Å². The van der Waals surface area contributed by atoms with Gasteiger partial charge in [-0.25, -0.2) is 0 Å². The summed E-state index contributed by atoms with van der Waals surface area (Å²) in [6.45, 7) is 2.34. The van der Waals surface area contributed by atoms with E-state index in [4.69, 9.17) is 4.74 Å². The van der Waals surface area contributed by atoms with Crippen molar-refractivity contribution in [1.29, 1.82) is 0 Å². The Hall–Kier alpha value is -0.0900. The third-order valence-electron chi connectivity index (χ3n) is 3.29. The maximum absolute atomic E-state index is 11.8. The van der Waals surface area contributed by atoms with Crippen LogP contribution in [0.5, 0.6) is 0 Å². The molecule has 2 aliphatic rings. The van der Waals surface area contributed by atoms with Crippen molar-refractivity contribution in [2.75, 3.05) is 6.61 Å². The van der Waals surface area contributed by atoms with Gasteiger partial charge in [0, 0.05) is 10.9 Å². The standard InChI is InChI=1S/C10H16BrNO2/c1-2-14-9(13)10-5-3-7(11)8(12-10)4-6-10/h7-8,12H,2-6H2,1H3/t7-,8+,10+/m0/s1. The van der Waals surface area contributed by atoms with Crippen molar-refractivity contribution in [3.8, 4) is 0 Å². The van der Waals surface area contributed by atoms with E-state index in [0.717, 1.165) is 25.7 Å². The van der Waals surface area contributed by atoms with Crippen molar-refractivity contribution in [3.63, 3.8) is 0 Å². The first-order valence-electron chi connectivity index (χ1n) is 5.27. The predicted octanol–water partition coefficient (Wildman–Crippen LogP) is 1.60. The zero-order chi connectivity index (χ0) is 10.2. The minimum atomic E-state index is -0.356. The molecule has 2 aliphatic heterocycles. The van der Waals surface area contributed by atoms with Crippen molar-refractivity contribution >= 4 is 21.9 Å². The number of carbonyl (C=O) groups excluding carboxylic acids is 1. The molecule has 2 saturated heterocycles. The van der Waals surface area contributed by atoms with Crippen LogP contribution in [-0.4, -0.2) is 29.0 Å². The lowest BCUT2D eigenvalue weighted by Gasteiger charge is -2.34. The van der Waals surface area contributed by atoms with Gasteiger partial charge in [-0.15, -0.1) is 0 Å². The fourth-order valence-corrected chi connectivity index (χ4v) is 3.11. The Labute approximate surface area is 92.7 Å². The van der Waals surface area contributed by atoms with Gasteiger partial charge in [-0.2, -0.15) is 0 Å². The van der Waals surface area contributed by atoms with Crippen LogP contribution in [0.15, 0.2) is 0 Å². The van der Waals surface area contributed by atoms with Gasteiger partial charge in [0.1, 0.15) is 5.54 Å². The first kappa shape index (κ1) is 10.4. The van der Waals surface area contributed by atoms with Crippen LogP contribution in [0.1, 0.15) is 32.6 Å². The van der Waals surface area contributed by atoms with Gasteiger partial charge in [0.25, 0.3) is 0 Å². The minimum Gasteiger partial charge on any atom is -0.465 e. The molecule has 0 saturated carbocycles. The van der Waals surface area contributed by atoms with Crippen LogP contribution in [0.3, 0.4) is 0 Å². The molecule has 80 valence electrons. The number of alkyl halides is 1. The van der Waals surface area contributed by atoms with Crippen LogP contribution >= 0.6 is 15.9 Å². The van der Waals surface area contributed by atoms with Crippen LogP contribution in [0.4, 0.5) is 0 Å². The molecule has 1 N–H and O–H groups in total. The van der Waals surface area contributed by atoms with Gasteiger partial charge in [-0.3, -0.25) is 10.1 Å². The quantitative estimate of drug-likeness (QED) is 0.606. The smallest absolute Gasteiger partial charge is 0.326 e. The Balaban J connectivity index is 2.08. The molecule has 14 heavy (non-hydrogen) atoms. The fraction of sp³-hybridized carbons (Fsp3) is 0.900. The maximum atomic E-state index is 11.8. The van der Waals surface area contributed by atoms with E-state index in [2.05, 4.69) is 21.2 Å². The molecule has 0 aromatic rings. The van der Waals surface area contributed by atoms with Gasteiger partial charge in [0.15, 0.2) is 0 Å². The monoisotopic (exact) mass is 261 g/mol. The van der Waals surface area contributed by atoms with Crippen molar-refractivity contribution in [2.45, 2.75) is 49.0 Å². The highest BCUT2D eigenvalue weighted by Crippen LogP contribution is 2.39. The van der Waals surface area contributed by atoms with Gasteiger partial charge in [-0.1, -0.05) is 15.9 Å². The van der Waals surface area contributed by atoms with Gasteiger partial charge < -0.3 is 4.74 Å². The number of ether oxygens (including phenoxy) is 1. The Morgan fingerprint density at radius 3 is 3.00 bits per heavy atom. The second kappa shape index (κ2) is 3.81. The average Bonchev–Trinajstić information content (AvgIpc) is 2.54. The molecular formula is C10H16BrNO2. The fourth-order valence-electron chi connectivity index (χ4n) is 2.49. The van der Waals surface area contributed by atoms with Crippen molar-refractivity contribution in [3.05, 3.63) is 0 Å². The van der Waals surface area contributed by atoms with Gasteiger partial charge in [-0.05, 0) is 32.6 Å². The summed E-state index contributed by atoms with van der Waals surface area (Å²) < 4.78 is 5.12. The summed E-state index contributed by atoms with van der Waals surface area (Å²) in [4.78, 5) is 12.3. The van der Waals surface area contributed by atoms with Crippen LogP contribution in [0, 0.1) is 0 Å². The summed E-state index contributed by atoms with van der Waals surface area (Å²) >= 11 is 3.64. The number of halogens is 1. The average molecular weight is 262 g/mol. The summed E-state index contributed by atoms with van der Waals surface area (Å²) in [5, 5.41) is 3.42. The van der Waals surface area contributed by atoms with Crippen molar-refractivity contribution in [1.82, 2.24) is 5.32 Å². The molecule has 0 radical (unpaired) electrons. The molecule has 0 amide bonds. The number of fused-ring (bicyclic) bond motifs is 2. The van der Waals surface area contributed by atoms with E-state index in [1.54, 1.807) is 0 Å². The number of rotatable bonds is 2. The molecule has 0 unspecified atom stereocenters. The van der Waals surface area contributed by atoms with Crippen LogP contribution < -0.4 is 5.32 Å². The number of piperidine rings is 1. The molecule has 3 nitrogen and oxygen atoms in total. The highest BCUT2D eigenvalue weighted by Gasteiger charge is 2.50. The lowest BCUT2D eigenvalue weighted by Crippen LogP contribution is -2.56. The second-order valence-electron chi connectivity index (χ2n) is 4.15. The Morgan fingerprint density at radius 2 is 2.29 bits per heavy atom. The molecule has 2 bridgehead atoms. The Morgan fingerprint density at radius 1 is 1.57 bits per heavy atom. The molecule has 2 heterocycles. The summed E-state index contributed by atoms with van der Waals surface area (Å²) in [6.07, 6.45) is 3.97. The second-order valence-corrected chi connectivity index (χ2v) is 5.32. The highest BCUT2D eigenvalue weighted by molar-refractivity contribution is 9.09. The third kappa shape index (κ3) is 1.58. The van der Waals surface area contributed by atoms with E-state index in [0.29, 0.717) is 17.5 Å². The maximum Gasteiger partial charge on any atom is 0.326 e. The van der Waals surface area contributed by atoms with Crippen molar-refractivity contribution in [2.24, 2.45) is 0 Å². The predicted molar refractivity (Wildman–Crippen MR) is 57.5 cm³/mol. The first-order chi connectivity index (χ1) is 6.68. The van der Waals surface area contributed by atoms with Crippen LogP contribution in [0.2, 0.25) is 0 Å². The summed E-state index contributed by atoms with van der Waals surface area (Å²) in [5.74, 6) is -0.0538. The SMILES string of the molecule is CCOC(=O)[C@@]12CC[C@H](Br)[C@@H](CC1)N2. The number of hydrogen-bond donors (Lipinski definition) is 1. The number of esters is 1. The molecule has 0 spiro atoms. The number of carbonyl (C=O) groups is 1. The van der Waals surface area contributed by atoms with Crippen LogP contribution in [-0.2, 0) is 9.53 Å². The summed E-state index contributed by atoms with van der Waals surface area (Å²) in [6, 6.07) is 0.452. The molecule has 2 rings (SSSR count). The van der Waals surface area contributed by atoms with Gasteiger partial charge in [0.2, 0.25) is 0 Å². The van der Waals surface area contributed by atoms with E-state index in [1.807, 2.05) is 6.92 Å². The minimum absolute atomic E-state index is 0.0538. The largest absolute Gasteiger partial charge is 0.465 e. The topological polar surface area (TPSA) is 38.3 Å². The lowest BCUT2D eigenvalue weighted by molar-refractivity contribution is -0.151. The third-order valence-corrected chi connectivity index (χ3v) is 4.39. The summed E-state index contributed by atoms with van der Waals surface area (Å²) in [5.41, 5.74) is -0.356. The summed E-state index contributed by atoms with van der Waals surface area (Å²) in [7, 11) is 0. The Bertz CT molecular complexity index is 246. The van der Waals surface area contributed by atoms with Crippen LogP contribution in [0.25, 0.3) is 0 Å². The van der Waals surface area contributed by atoms with Gasteiger partial charge >= 0.3 is 5.97 Å². The number of nitrogens with one attached hydrogen (secondary N) is 1. The van der Waals surface area contributed by atoms with E-state index in [1.165, 1.54) is 0 Å². The molecule has 3 atom stereocenters. The van der Waals surface area contributed by atoms with Gasteiger partial charge in [0.05, 0.1) is 6.61 Å². The lowest BCUT2D eigenvalue weighted by atomic mass is 9.91. The Kier molecular flexibility index (Phi) is 2.84.